The zero-order valence-corrected chi connectivity index (χ0v) is 6.40. The van der Waals surface area contributed by atoms with Gasteiger partial charge in [-0.05, 0) is 0 Å². The molecule has 2 atom stereocenters. The van der Waals surface area contributed by atoms with E-state index in [1.807, 2.05) is 0 Å². The second kappa shape index (κ2) is 6.51. The van der Waals surface area contributed by atoms with E-state index in [1.54, 1.807) is 0 Å². The Bertz CT molecular complexity index is 91.9. The fraction of sp³-hybridized carbons (Fsp3) is 1.00. The fourth-order valence-corrected chi connectivity index (χ4v) is 0.718. The van der Waals surface area contributed by atoms with E-state index >= 15 is 0 Å². The summed E-state index contributed by atoms with van der Waals surface area (Å²) in [4.78, 5) is 0. The molecule has 0 radical (unpaired) electrons. The lowest BCUT2D eigenvalue weighted by molar-refractivity contribution is 0.0421. The van der Waals surface area contributed by atoms with Crippen molar-refractivity contribution in [2.45, 2.75) is 12.1 Å². The molecule has 0 amide bonds. The van der Waals surface area contributed by atoms with Crippen molar-refractivity contribution in [3.63, 3.8) is 0 Å². The summed E-state index contributed by atoms with van der Waals surface area (Å²) in [6.07, 6.45) is -0.924. The summed E-state index contributed by atoms with van der Waals surface area (Å²) >= 11 is 0. The Morgan fingerprint density at radius 3 is 2.27 bits per heavy atom. The molecule has 0 aromatic rings. The van der Waals surface area contributed by atoms with E-state index in [4.69, 9.17) is 21.1 Å². The molecule has 0 aliphatic heterocycles. The van der Waals surface area contributed by atoms with Crippen LogP contribution in [0.3, 0.4) is 0 Å². The van der Waals surface area contributed by atoms with Crippen LogP contribution in [0.15, 0.2) is 0 Å². The number of nitrogens with one attached hydrogen (secondary N) is 1. The van der Waals surface area contributed by atoms with Gasteiger partial charge in [-0.25, -0.2) is 0 Å². The minimum atomic E-state index is -0.924. The molecule has 0 aromatic carbocycles. The van der Waals surface area contributed by atoms with Gasteiger partial charge in [-0.1, -0.05) is 0 Å². The molecule has 68 valence electrons. The van der Waals surface area contributed by atoms with Crippen molar-refractivity contribution >= 4 is 0 Å². The average Bonchev–Trinajstić information content (AvgIpc) is 2.05. The highest BCUT2D eigenvalue weighted by atomic mass is 16.3. The van der Waals surface area contributed by atoms with Gasteiger partial charge in [0.2, 0.25) is 0 Å². The monoisotopic (exact) mass is 164 g/mol. The number of aliphatic hydroxyl groups is 3. The van der Waals surface area contributed by atoms with Crippen molar-refractivity contribution in [3.05, 3.63) is 0 Å². The van der Waals surface area contributed by atoms with Gasteiger partial charge in [-0.15, -0.1) is 0 Å². The van der Waals surface area contributed by atoms with Crippen molar-refractivity contribution in [1.29, 1.82) is 0 Å². The second-order valence-corrected chi connectivity index (χ2v) is 2.28. The number of rotatable bonds is 6. The van der Waals surface area contributed by atoms with Gasteiger partial charge < -0.3 is 26.4 Å². The Balaban J connectivity index is 3.56. The molecule has 0 aromatic heterocycles. The smallest absolute Gasteiger partial charge is 0.0945 e. The number of hydrogen-bond donors (Lipinski definition) is 5. The van der Waals surface area contributed by atoms with E-state index in [1.165, 1.54) is 0 Å². The highest BCUT2D eigenvalue weighted by Crippen LogP contribution is 1.90. The molecule has 2 unspecified atom stereocenters. The molecule has 6 N–H and O–H groups in total. The molecule has 0 aliphatic carbocycles. The lowest BCUT2D eigenvalue weighted by atomic mass is 10.2. The summed E-state index contributed by atoms with van der Waals surface area (Å²) in [6.45, 7) is 0.390. The molecule has 0 bridgehead atoms. The third kappa shape index (κ3) is 4.28. The third-order valence-corrected chi connectivity index (χ3v) is 1.40. The predicted molar refractivity (Wildman–Crippen MR) is 41.0 cm³/mol. The van der Waals surface area contributed by atoms with Crippen LogP contribution in [0.25, 0.3) is 0 Å². The van der Waals surface area contributed by atoms with E-state index in [2.05, 4.69) is 5.32 Å². The van der Waals surface area contributed by atoms with Gasteiger partial charge in [0.1, 0.15) is 0 Å². The van der Waals surface area contributed by atoms with Crippen molar-refractivity contribution in [2.75, 3.05) is 26.3 Å². The summed E-state index contributed by atoms with van der Waals surface area (Å²) in [5.41, 5.74) is 5.18. The first kappa shape index (κ1) is 10.8. The first-order chi connectivity index (χ1) is 5.26. The zero-order valence-electron chi connectivity index (χ0n) is 6.40. The summed E-state index contributed by atoms with van der Waals surface area (Å²) < 4.78 is 0. The standard InChI is InChI=1S/C6H16N2O3/c7-1-2-8-5(3-9)6(11)4-10/h5-6,8-11H,1-4,7H2. The molecule has 5 nitrogen and oxygen atoms in total. The van der Waals surface area contributed by atoms with Crippen LogP contribution in [0.5, 0.6) is 0 Å². The molecule has 0 heterocycles. The largest absolute Gasteiger partial charge is 0.395 e. The number of hydrogen-bond acceptors (Lipinski definition) is 5. The molecule has 11 heavy (non-hydrogen) atoms. The maximum atomic E-state index is 9.03. The lowest BCUT2D eigenvalue weighted by Crippen LogP contribution is -2.46. The van der Waals surface area contributed by atoms with Gasteiger partial charge in [0, 0.05) is 13.1 Å². The van der Waals surface area contributed by atoms with Crippen LogP contribution < -0.4 is 11.1 Å². The van der Waals surface area contributed by atoms with Gasteiger partial charge >= 0.3 is 0 Å². The minimum absolute atomic E-state index is 0.207. The molecule has 0 spiro atoms. The maximum Gasteiger partial charge on any atom is 0.0945 e. The number of aliphatic hydroxyl groups excluding tert-OH is 3. The molecule has 5 heteroatoms. The third-order valence-electron chi connectivity index (χ3n) is 1.40. The van der Waals surface area contributed by atoms with Crippen LogP contribution >= 0.6 is 0 Å². The highest BCUT2D eigenvalue weighted by Gasteiger charge is 2.15. The summed E-state index contributed by atoms with van der Waals surface area (Å²) in [6, 6.07) is -0.483. The van der Waals surface area contributed by atoms with Gasteiger partial charge in [0.25, 0.3) is 0 Å². The van der Waals surface area contributed by atoms with E-state index in [9.17, 15) is 0 Å². The van der Waals surface area contributed by atoms with Gasteiger partial charge in [-0.3, -0.25) is 0 Å². The Hall–Kier alpha value is -0.200. The van der Waals surface area contributed by atoms with Crippen LogP contribution in [0.2, 0.25) is 0 Å². The van der Waals surface area contributed by atoms with Gasteiger partial charge in [0.05, 0.1) is 25.4 Å². The average molecular weight is 164 g/mol. The minimum Gasteiger partial charge on any atom is -0.395 e. The van der Waals surface area contributed by atoms with Crippen molar-refractivity contribution in [3.8, 4) is 0 Å². The number of nitrogens with two attached hydrogens (primary N) is 1. The second-order valence-electron chi connectivity index (χ2n) is 2.28. The topological polar surface area (TPSA) is 98.7 Å². The molecular formula is C6H16N2O3. The van der Waals surface area contributed by atoms with Crippen LogP contribution in [0.4, 0.5) is 0 Å². The quantitative estimate of drug-likeness (QED) is 0.293. The Labute approximate surface area is 65.8 Å². The fourth-order valence-electron chi connectivity index (χ4n) is 0.718. The van der Waals surface area contributed by atoms with Gasteiger partial charge in [-0.2, -0.15) is 0 Å². The van der Waals surface area contributed by atoms with Crippen molar-refractivity contribution in [2.24, 2.45) is 5.73 Å². The van der Waals surface area contributed by atoms with Gasteiger partial charge in [0.15, 0.2) is 0 Å². The van der Waals surface area contributed by atoms with E-state index in [0.717, 1.165) is 0 Å². The Morgan fingerprint density at radius 2 is 1.91 bits per heavy atom. The SMILES string of the molecule is NCCNC(CO)C(O)CO. The van der Waals surface area contributed by atoms with Crippen LogP contribution in [-0.2, 0) is 0 Å². The Morgan fingerprint density at radius 1 is 1.27 bits per heavy atom. The highest BCUT2D eigenvalue weighted by molar-refractivity contribution is 4.73. The summed E-state index contributed by atoms with van der Waals surface area (Å²) in [5, 5.41) is 29.0. The molecule has 0 saturated carbocycles. The normalized spacial score (nSPS) is 16.4. The molecular weight excluding hydrogens is 148 g/mol. The summed E-state index contributed by atoms with van der Waals surface area (Å²) in [5.74, 6) is 0. The van der Waals surface area contributed by atoms with Crippen LogP contribution in [0.1, 0.15) is 0 Å². The Kier molecular flexibility index (Phi) is 6.39. The molecule has 0 saturated heterocycles. The molecule has 0 aliphatic rings. The van der Waals surface area contributed by atoms with E-state index in [0.29, 0.717) is 13.1 Å². The van der Waals surface area contributed by atoms with E-state index in [-0.39, 0.29) is 13.2 Å². The predicted octanol–water partition coefficient (Wildman–Crippen LogP) is -2.75. The van der Waals surface area contributed by atoms with Crippen LogP contribution in [-0.4, -0.2) is 53.8 Å². The van der Waals surface area contributed by atoms with Crippen molar-refractivity contribution < 1.29 is 15.3 Å². The molecule has 0 fully saturated rings. The first-order valence-corrected chi connectivity index (χ1v) is 3.59. The van der Waals surface area contributed by atoms with Crippen LogP contribution in [0, 0.1) is 0 Å². The summed E-state index contributed by atoms with van der Waals surface area (Å²) in [7, 11) is 0. The molecule has 0 rings (SSSR count). The first-order valence-electron chi connectivity index (χ1n) is 3.59. The lowest BCUT2D eigenvalue weighted by Gasteiger charge is -2.19. The van der Waals surface area contributed by atoms with Crippen molar-refractivity contribution in [1.82, 2.24) is 5.32 Å². The van der Waals surface area contributed by atoms with E-state index < -0.39 is 12.1 Å². The zero-order chi connectivity index (χ0) is 8.69. The maximum absolute atomic E-state index is 9.03.